The summed E-state index contributed by atoms with van der Waals surface area (Å²) in [5, 5.41) is 2.28. The van der Waals surface area contributed by atoms with Crippen molar-refractivity contribution in [3.05, 3.63) is 69.6 Å². The molecular formula is C20H15IN2. The van der Waals surface area contributed by atoms with Crippen LogP contribution in [0.5, 0.6) is 0 Å². The maximum Gasteiger partial charge on any atom is 0.0970 e. The third-order valence-electron chi connectivity index (χ3n) is 4.41. The Bertz CT molecular complexity index is 1050. The van der Waals surface area contributed by atoms with Gasteiger partial charge in [0.1, 0.15) is 0 Å². The van der Waals surface area contributed by atoms with Gasteiger partial charge in [0.15, 0.2) is 0 Å². The highest BCUT2D eigenvalue weighted by atomic mass is 127. The molecule has 0 saturated heterocycles. The normalized spacial score (nSPS) is 11.3. The van der Waals surface area contributed by atoms with Crippen LogP contribution in [0.15, 0.2) is 54.9 Å². The molecule has 0 aliphatic carbocycles. The molecule has 0 amide bonds. The van der Waals surface area contributed by atoms with Crippen LogP contribution in [-0.4, -0.2) is 9.97 Å². The van der Waals surface area contributed by atoms with Gasteiger partial charge in [0.25, 0.3) is 0 Å². The summed E-state index contributed by atoms with van der Waals surface area (Å²) in [5.74, 6) is 0. The molecule has 2 nitrogen and oxygen atoms in total. The summed E-state index contributed by atoms with van der Waals surface area (Å²) in [6.45, 7) is 4.34. The van der Waals surface area contributed by atoms with E-state index in [1.807, 2.05) is 24.5 Å². The molecule has 3 heteroatoms. The smallest absolute Gasteiger partial charge is 0.0970 e. The number of fused-ring (bicyclic) bond motifs is 3. The molecule has 0 aliphatic heterocycles. The summed E-state index contributed by atoms with van der Waals surface area (Å²) in [6, 6.07) is 14.9. The van der Waals surface area contributed by atoms with E-state index in [1.54, 1.807) is 0 Å². The van der Waals surface area contributed by atoms with Crippen LogP contribution in [-0.2, 0) is 0 Å². The number of nitrogens with zero attached hydrogens (tertiary/aromatic N) is 2. The molecule has 0 saturated carbocycles. The average molecular weight is 410 g/mol. The molecule has 4 rings (SSSR count). The zero-order valence-corrected chi connectivity index (χ0v) is 15.1. The number of benzene rings is 2. The monoisotopic (exact) mass is 410 g/mol. The van der Waals surface area contributed by atoms with Gasteiger partial charge in [0, 0.05) is 26.7 Å². The lowest BCUT2D eigenvalue weighted by atomic mass is 9.95. The highest BCUT2D eigenvalue weighted by Crippen LogP contribution is 2.36. The van der Waals surface area contributed by atoms with E-state index < -0.39 is 0 Å². The Morgan fingerprint density at radius 1 is 0.826 bits per heavy atom. The van der Waals surface area contributed by atoms with E-state index >= 15 is 0 Å². The molecule has 0 atom stereocenters. The Balaban J connectivity index is 2.16. The first-order chi connectivity index (χ1) is 11.2. The number of aryl methyl sites for hydroxylation is 1. The number of halogens is 1. The second kappa shape index (κ2) is 5.57. The van der Waals surface area contributed by atoms with E-state index in [-0.39, 0.29) is 0 Å². The molecule has 0 N–H and O–H groups in total. The molecule has 23 heavy (non-hydrogen) atoms. The highest BCUT2D eigenvalue weighted by molar-refractivity contribution is 14.1. The maximum absolute atomic E-state index is 4.60. The van der Waals surface area contributed by atoms with Crippen molar-refractivity contribution < 1.29 is 0 Å². The Kier molecular flexibility index (Phi) is 3.53. The minimum Gasteiger partial charge on any atom is -0.254 e. The van der Waals surface area contributed by atoms with E-state index in [4.69, 9.17) is 0 Å². The molecule has 0 aliphatic rings. The van der Waals surface area contributed by atoms with Gasteiger partial charge in [-0.05, 0) is 76.9 Å². The Hall–Kier alpha value is -2.01. The Morgan fingerprint density at radius 3 is 2.39 bits per heavy atom. The summed E-state index contributed by atoms with van der Waals surface area (Å²) in [6.07, 6.45) is 3.67. The van der Waals surface area contributed by atoms with Crippen LogP contribution in [0.3, 0.4) is 0 Å². The van der Waals surface area contributed by atoms with Crippen molar-refractivity contribution in [3.63, 3.8) is 0 Å². The first kappa shape index (κ1) is 14.6. The third kappa shape index (κ3) is 2.30. The van der Waals surface area contributed by atoms with Crippen molar-refractivity contribution in [2.75, 3.05) is 0 Å². The van der Waals surface area contributed by atoms with Gasteiger partial charge in [0.2, 0.25) is 0 Å². The van der Waals surface area contributed by atoms with Crippen molar-refractivity contribution in [2.24, 2.45) is 0 Å². The third-order valence-corrected chi connectivity index (χ3v) is 5.80. The quantitative estimate of drug-likeness (QED) is 0.299. The van der Waals surface area contributed by atoms with E-state index in [0.717, 1.165) is 21.8 Å². The average Bonchev–Trinajstić information content (AvgIpc) is 2.59. The zero-order chi connectivity index (χ0) is 16.0. The van der Waals surface area contributed by atoms with Gasteiger partial charge in [-0.2, -0.15) is 0 Å². The van der Waals surface area contributed by atoms with Crippen LogP contribution in [0.25, 0.3) is 32.9 Å². The second-order valence-electron chi connectivity index (χ2n) is 5.77. The van der Waals surface area contributed by atoms with Crippen molar-refractivity contribution in [2.45, 2.75) is 13.8 Å². The van der Waals surface area contributed by atoms with Crippen LogP contribution >= 0.6 is 22.6 Å². The lowest BCUT2D eigenvalue weighted by molar-refractivity contribution is 1.31. The second-order valence-corrected chi connectivity index (χ2v) is 6.85. The first-order valence-corrected chi connectivity index (χ1v) is 8.63. The van der Waals surface area contributed by atoms with E-state index in [0.29, 0.717) is 0 Å². The van der Waals surface area contributed by atoms with Crippen molar-refractivity contribution >= 4 is 44.4 Å². The van der Waals surface area contributed by atoms with Gasteiger partial charge in [-0.25, -0.2) is 0 Å². The fourth-order valence-electron chi connectivity index (χ4n) is 2.99. The zero-order valence-electron chi connectivity index (χ0n) is 13.0. The number of pyridine rings is 2. The summed E-state index contributed by atoms with van der Waals surface area (Å²) in [7, 11) is 0. The van der Waals surface area contributed by atoms with Gasteiger partial charge >= 0.3 is 0 Å². The van der Waals surface area contributed by atoms with Gasteiger partial charge in [-0.3, -0.25) is 9.97 Å². The van der Waals surface area contributed by atoms with Crippen LogP contribution in [0.4, 0.5) is 0 Å². The molecule has 2 aromatic heterocycles. The van der Waals surface area contributed by atoms with Gasteiger partial charge in [-0.15, -0.1) is 0 Å². The standard InChI is InChI=1S/C20H15IN2/c1-12-7-8-15(18(21)13(12)2)17-11-14-5-3-9-22-19(14)20-16(17)6-4-10-23-20/h3-11H,1-2H3. The lowest BCUT2D eigenvalue weighted by Gasteiger charge is -2.13. The summed E-state index contributed by atoms with van der Waals surface area (Å²) >= 11 is 2.45. The van der Waals surface area contributed by atoms with Crippen molar-refractivity contribution in [1.29, 1.82) is 0 Å². The molecule has 0 bridgehead atoms. The number of hydrogen-bond donors (Lipinski definition) is 0. The van der Waals surface area contributed by atoms with Crippen LogP contribution in [0.1, 0.15) is 11.1 Å². The van der Waals surface area contributed by atoms with E-state index in [1.165, 1.54) is 25.8 Å². The van der Waals surface area contributed by atoms with Gasteiger partial charge in [-0.1, -0.05) is 24.3 Å². The fourth-order valence-corrected chi connectivity index (χ4v) is 3.88. The molecule has 4 aromatic rings. The number of aromatic nitrogens is 2. The first-order valence-electron chi connectivity index (χ1n) is 7.55. The minimum atomic E-state index is 0.964. The molecule has 0 fully saturated rings. The van der Waals surface area contributed by atoms with E-state index in [2.05, 4.69) is 76.7 Å². The molecule has 112 valence electrons. The lowest BCUT2D eigenvalue weighted by Crippen LogP contribution is -1.93. The molecule has 2 heterocycles. The molecular weight excluding hydrogens is 395 g/mol. The highest BCUT2D eigenvalue weighted by Gasteiger charge is 2.13. The molecule has 0 radical (unpaired) electrons. The minimum absolute atomic E-state index is 0.964. The topological polar surface area (TPSA) is 25.8 Å². The van der Waals surface area contributed by atoms with Gasteiger partial charge in [0.05, 0.1) is 11.0 Å². The number of rotatable bonds is 1. The predicted octanol–water partition coefficient (Wildman–Crippen LogP) is 5.67. The van der Waals surface area contributed by atoms with Crippen molar-refractivity contribution in [1.82, 2.24) is 9.97 Å². The largest absolute Gasteiger partial charge is 0.254 e. The SMILES string of the molecule is Cc1ccc(-c2cc3cccnc3c3ncccc23)c(I)c1C. The maximum atomic E-state index is 4.60. The van der Waals surface area contributed by atoms with Crippen LogP contribution in [0.2, 0.25) is 0 Å². The van der Waals surface area contributed by atoms with Crippen LogP contribution < -0.4 is 0 Å². The summed E-state index contributed by atoms with van der Waals surface area (Å²) in [4.78, 5) is 9.13. The number of hydrogen-bond acceptors (Lipinski definition) is 2. The van der Waals surface area contributed by atoms with Gasteiger partial charge < -0.3 is 0 Å². The summed E-state index contributed by atoms with van der Waals surface area (Å²) < 4.78 is 1.30. The molecule has 2 aromatic carbocycles. The Labute approximate surface area is 148 Å². The predicted molar refractivity (Wildman–Crippen MR) is 105 cm³/mol. The van der Waals surface area contributed by atoms with Crippen molar-refractivity contribution in [3.8, 4) is 11.1 Å². The summed E-state index contributed by atoms with van der Waals surface area (Å²) in [5.41, 5.74) is 7.08. The molecule has 0 spiro atoms. The molecule has 0 unspecified atom stereocenters. The van der Waals surface area contributed by atoms with Crippen LogP contribution in [0, 0.1) is 17.4 Å². The van der Waals surface area contributed by atoms with E-state index in [9.17, 15) is 0 Å². The Morgan fingerprint density at radius 2 is 1.57 bits per heavy atom. The fraction of sp³-hybridized carbons (Fsp3) is 0.100.